The van der Waals surface area contributed by atoms with E-state index in [2.05, 4.69) is 0 Å². The van der Waals surface area contributed by atoms with Crippen LogP contribution >= 0.6 is 0 Å². The maximum absolute atomic E-state index is 13.0. The summed E-state index contributed by atoms with van der Waals surface area (Å²) in [6, 6.07) is -2.13. The molecule has 2 heterocycles. The zero-order valence-corrected chi connectivity index (χ0v) is 19.8. The Kier molecular flexibility index (Phi) is 7.67. The molecule has 10 nitrogen and oxygen atoms in total. The molecule has 2 saturated heterocycles. The lowest BCUT2D eigenvalue weighted by molar-refractivity contribution is -0.146. The van der Waals surface area contributed by atoms with Crippen molar-refractivity contribution >= 4 is 24.1 Å². The first-order valence-electron chi connectivity index (χ1n) is 11.1. The lowest BCUT2D eigenvalue weighted by atomic mass is 9.88. The van der Waals surface area contributed by atoms with Crippen LogP contribution in [0.1, 0.15) is 73.6 Å². The number of hydrogen-bond acceptors (Lipinski definition) is 6. The summed E-state index contributed by atoms with van der Waals surface area (Å²) in [6.45, 7) is 10.7. The Morgan fingerprint density at radius 2 is 1.44 bits per heavy atom. The topological polar surface area (TPSA) is 134 Å². The van der Waals surface area contributed by atoms with Crippen LogP contribution in [0.3, 0.4) is 0 Å². The van der Waals surface area contributed by atoms with Gasteiger partial charge in [0.1, 0.15) is 11.2 Å². The minimum Gasteiger partial charge on any atom is -0.481 e. The van der Waals surface area contributed by atoms with Crippen molar-refractivity contribution in [3.8, 4) is 0 Å². The summed E-state index contributed by atoms with van der Waals surface area (Å²) in [7, 11) is 0. The average Bonchev–Trinajstić information content (AvgIpc) is 3.19. The van der Waals surface area contributed by atoms with Gasteiger partial charge in [-0.15, -0.1) is 0 Å². The number of carboxylic acids is 2. The molecule has 2 fully saturated rings. The zero-order valence-electron chi connectivity index (χ0n) is 19.8. The Hall–Kier alpha value is -2.52. The maximum atomic E-state index is 13.0. The molecule has 182 valence electrons. The van der Waals surface area contributed by atoms with E-state index >= 15 is 0 Å². The molecular weight excluding hydrogens is 420 g/mol. The summed E-state index contributed by atoms with van der Waals surface area (Å²) in [6.07, 6.45) is 0.104. The molecule has 0 aromatic heterocycles. The minimum absolute atomic E-state index is 0.303. The largest absolute Gasteiger partial charge is 0.481 e. The van der Waals surface area contributed by atoms with Crippen molar-refractivity contribution in [2.45, 2.75) is 103 Å². The van der Waals surface area contributed by atoms with E-state index in [1.54, 1.807) is 41.5 Å². The summed E-state index contributed by atoms with van der Waals surface area (Å²) < 4.78 is 11.0. The van der Waals surface area contributed by atoms with E-state index in [0.29, 0.717) is 32.2 Å². The second-order valence-corrected chi connectivity index (χ2v) is 10.5. The number of nitrogens with zero attached hydrogens (tertiary/aromatic N) is 2. The second kappa shape index (κ2) is 9.54. The van der Waals surface area contributed by atoms with Crippen LogP contribution in [0.4, 0.5) is 9.59 Å². The van der Waals surface area contributed by atoms with Crippen molar-refractivity contribution in [3.05, 3.63) is 0 Å². The quantitative estimate of drug-likeness (QED) is 0.643. The van der Waals surface area contributed by atoms with Gasteiger partial charge in [-0.1, -0.05) is 0 Å². The van der Waals surface area contributed by atoms with Crippen molar-refractivity contribution in [1.29, 1.82) is 0 Å². The van der Waals surface area contributed by atoms with Crippen molar-refractivity contribution in [2.75, 3.05) is 6.54 Å². The molecule has 0 radical (unpaired) electrons. The molecule has 0 saturated carbocycles. The smallest absolute Gasteiger partial charge is 0.410 e. The van der Waals surface area contributed by atoms with Gasteiger partial charge in [-0.3, -0.25) is 9.59 Å². The zero-order chi connectivity index (χ0) is 24.4. The van der Waals surface area contributed by atoms with Crippen molar-refractivity contribution in [2.24, 2.45) is 5.92 Å². The SMILES string of the molecule is CC(C)(C)OC(=O)N1C(CC(=O)O)CCC1C(C(=O)O)[C@H]1CCCN1C(=O)OC(C)(C)C. The van der Waals surface area contributed by atoms with Crippen LogP contribution in [0.2, 0.25) is 0 Å². The Labute approximate surface area is 188 Å². The molecule has 2 aliphatic rings. The van der Waals surface area contributed by atoms with E-state index < -0.39 is 59.4 Å². The molecule has 0 aromatic rings. The highest BCUT2D eigenvalue weighted by atomic mass is 16.6. The molecular formula is C22H36N2O8. The van der Waals surface area contributed by atoms with E-state index in [4.69, 9.17) is 9.47 Å². The van der Waals surface area contributed by atoms with Crippen LogP contribution in [0.25, 0.3) is 0 Å². The number of carbonyl (C=O) groups is 4. The van der Waals surface area contributed by atoms with Crippen molar-refractivity contribution in [1.82, 2.24) is 9.80 Å². The maximum Gasteiger partial charge on any atom is 0.410 e. The highest BCUT2D eigenvalue weighted by Gasteiger charge is 2.51. The predicted molar refractivity (Wildman–Crippen MR) is 114 cm³/mol. The van der Waals surface area contributed by atoms with Crippen LogP contribution in [0, 0.1) is 5.92 Å². The summed E-state index contributed by atoms with van der Waals surface area (Å²) in [5.74, 6) is -3.30. The predicted octanol–water partition coefficient (Wildman–Crippen LogP) is 3.33. The van der Waals surface area contributed by atoms with Crippen LogP contribution in [0.15, 0.2) is 0 Å². The number of amides is 2. The fourth-order valence-corrected chi connectivity index (χ4v) is 4.56. The number of rotatable bonds is 5. The highest BCUT2D eigenvalue weighted by molar-refractivity contribution is 5.77. The van der Waals surface area contributed by atoms with Crippen LogP contribution in [-0.2, 0) is 19.1 Å². The summed E-state index contributed by atoms with van der Waals surface area (Å²) >= 11 is 0. The van der Waals surface area contributed by atoms with Gasteiger partial charge in [-0.2, -0.15) is 0 Å². The van der Waals surface area contributed by atoms with Crippen LogP contribution in [-0.4, -0.2) is 80.0 Å². The van der Waals surface area contributed by atoms with Crippen molar-refractivity contribution < 1.29 is 38.9 Å². The Balaban J connectivity index is 2.36. The van der Waals surface area contributed by atoms with Gasteiger partial charge in [0.2, 0.25) is 0 Å². The molecule has 2 N–H and O–H groups in total. The summed E-state index contributed by atoms with van der Waals surface area (Å²) in [4.78, 5) is 52.3. The van der Waals surface area contributed by atoms with Gasteiger partial charge < -0.3 is 29.5 Å². The van der Waals surface area contributed by atoms with Gasteiger partial charge in [0.05, 0.1) is 24.4 Å². The van der Waals surface area contributed by atoms with E-state index in [1.807, 2.05) is 0 Å². The lowest BCUT2D eigenvalue weighted by Crippen LogP contribution is -2.55. The molecule has 4 atom stereocenters. The first kappa shape index (κ1) is 25.7. The van der Waals surface area contributed by atoms with E-state index in [0.717, 1.165) is 0 Å². The van der Waals surface area contributed by atoms with Crippen LogP contribution in [0.5, 0.6) is 0 Å². The molecule has 2 amide bonds. The second-order valence-electron chi connectivity index (χ2n) is 10.5. The number of likely N-dealkylation sites (tertiary alicyclic amines) is 2. The Bertz CT molecular complexity index is 739. The van der Waals surface area contributed by atoms with Gasteiger partial charge in [0, 0.05) is 12.6 Å². The lowest BCUT2D eigenvalue weighted by Gasteiger charge is -2.38. The van der Waals surface area contributed by atoms with Gasteiger partial charge in [-0.25, -0.2) is 9.59 Å². The molecule has 3 unspecified atom stereocenters. The van der Waals surface area contributed by atoms with E-state index in [9.17, 15) is 29.4 Å². The van der Waals surface area contributed by atoms with E-state index in [1.165, 1.54) is 9.80 Å². The first-order chi connectivity index (χ1) is 14.6. The third-order valence-corrected chi connectivity index (χ3v) is 5.60. The fourth-order valence-electron chi connectivity index (χ4n) is 4.56. The molecule has 0 aliphatic carbocycles. The fraction of sp³-hybridized carbons (Fsp3) is 0.818. The number of aliphatic carboxylic acids is 2. The molecule has 2 rings (SSSR count). The number of carbonyl (C=O) groups excluding carboxylic acids is 2. The molecule has 2 aliphatic heterocycles. The van der Waals surface area contributed by atoms with Gasteiger partial charge in [0.25, 0.3) is 0 Å². The van der Waals surface area contributed by atoms with Gasteiger partial charge in [-0.05, 0) is 67.2 Å². The summed E-state index contributed by atoms with van der Waals surface area (Å²) in [5.41, 5.74) is -1.56. The Morgan fingerprint density at radius 1 is 0.875 bits per heavy atom. The molecule has 0 spiro atoms. The molecule has 0 bridgehead atoms. The number of carboxylic acid groups (broad SMARTS) is 2. The average molecular weight is 457 g/mol. The van der Waals surface area contributed by atoms with Crippen molar-refractivity contribution in [3.63, 3.8) is 0 Å². The normalized spacial score (nSPS) is 24.9. The van der Waals surface area contributed by atoms with Gasteiger partial charge >= 0.3 is 24.1 Å². The number of hydrogen-bond donors (Lipinski definition) is 2. The third-order valence-electron chi connectivity index (χ3n) is 5.60. The standard InChI is InChI=1S/C22H36N2O8/c1-21(2,3)31-19(29)23-11-7-8-14(23)17(18(27)28)15-10-9-13(12-16(25)26)24(15)20(30)32-22(4,5)6/h13-15,17H,7-12H2,1-6H3,(H,25,26)(H,27,28)/t13?,14-,15?,17?/m1/s1. The van der Waals surface area contributed by atoms with Crippen LogP contribution < -0.4 is 0 Å². The molecule has 0 aromatic carbocycles. The highest BCUT2D eigenvalue weighted by Crippen LogP contribution is 2.38. The first-order valence-corrected chi connectivity index (χ1v) is 11.1. The third kappa shape index (κ3) is 6.49. The molecule has 32 heavy (non-hydrogen) atoms. The van der Waals surface area contributed by atoms with E-state index in [-0.39, 0.29) is 6.42 Å². The van der Waals surface area contributed by atoms with Gasteiger partial charge in [0.15, 0.2) is 0 Å². The Morgan fingerprint density at radius 3 is 1.94 bits per heavy atom. The summed E-state index contributed by atoms with van der Waals surface area (Å²) in [5, 5.41) is 19.5. The molecule has 10 heteroatoms. The number of ether oxygens (including phenoxy) is 2. The monoisotopic (exact) mass is 456 g/mol. The minimum atomic E-state index is -1.14.